The average Bonchev–Trinajstić information content (AvgIpc) is 3.32. The van der Waals surface area contributed by atoms with Gasteiger partial charge in [0.25, 0.3) is 0 Å². The van der Waals surface area contributed by atoms with E-state index in [1.165, 1.54) is 6.33 Å². The molecular formula is C22H15Cl2N3O2. The Labute approximate surface area is 176 Å². The molecule has 5 nitrogen and oxygen atoms in total. The largest absolute Gasteiger partial charge is 0.460 e. The first-order chi connectivity index (χ1) is 14.1. The molecule has 29 heavy (non-hydrogen) atoms. The molecule has 0 saturated carbocycles. The highest BCUT2D eigenvalue weighted by Gasteiger charge is 2.13. The van der Waals surface area contributed by atoms with Gasteiger partial charge in [-0.2, -0.15) is 0 Å². The number of aromatic amines is 1. The van der Waals surface area contributed by atoms with Crippen molar-refractivity contribution in [3.05, 3.63) is 82.1 Å². The Bertz CT molecular complexity index is 1360. The van der Waals surface area contributed by atoms with E-state index in [-0.39, 0.29) is 0 Å². The van der Waals surface area contributed by atoms with Crippen molar-refractivity contribution >= 4 is 45.2 Å². The number of hydrogen-bond donors (Lipinski definition) is 1. The number of aryl methyl sites for hydroxylation is 1. The number of fused-ring (bicyclic) bond motifs is 2. The first kappa shape index (κ1) is 18.0. The van der Waals surface area contributed by atoms with Gasteiger partial charge in [0, 0.05) is 23.0 Å². The van der Waals surface area contributed by atoms with Crippen molar-refractivity contribution in [3.63, 3.8) is 0 Å². The number of ether oxygens (including phenoxy) is 1. The summed E-state index contributed by atoms with van der Waals surface area (Å²) < 4.78 is 11.6. The lowest BCUT2D eigenvalue weighted by molar-refractivity contribution is 0.472. The van der Waals surface area contributed by atoms with E-state index < -0.39 is 0 Å². The van der Waals surface area contributed by atoms with Gasteiger partial charge in [-0.05, 0) is 53.9 Å². The number of nitrogens with zero attached hydrogens (tertiary/aromatic N) is 2. The maximum absolute atomic E-state index is 6.55. The molecule has 0 bridgehead atoms. The fourth-order valence-corrected chi connectivity index (χ4v) is 3.95. The molecule has 144 valence electrons. The zero-order chi connectivity index (χ0) is 20.0. The number of furan rings is 1. The molecule has 0 spiro atoms. The molecule has 0 radical (unpaired) electrons. The van der Waals surface area contributed by atoms with Crippen LogP contribution in [0.25, 0.3) is 22.0 Å². The van der Waals surface area contributed by atoms with Gasteiger partial charge in [0.1, 0.15) is 22.9 Å². The first-order valence-corrected chi connectivity index (χ1v) is 9.74. The number of halogens is 2. The summed E-state index contributed by atoms with van der Waals surface area (Å²) in [5.74, 6) is 1.30. The van der Waals surface area contributed by atoms with Gasteiger partial charge in [-0.25, -0.2) is 9.97 Å². The van der Waals surface area contributed by atoms with E-state index in [2.05, 4.69) is 21.0 Å². The van der Waals surface area contributed by atoms with Gasteiger partial charge >= 0.3 is 0 Å². The van der Waals surface area contributed by atoms with Crippen molar-refractivity contribution < 1.29 is 9.15 Å². The maximum Gasteiger partial charge on any atom is 0.176 e. The Morgan fingerprint density at radius 3 is 2.83 bits per heavy atom. The number of aromatic nitrogens is 3. The molecule has 0 saturated heterocycles. The number of nitrogens with one attached hydrogen (secondary N) is 1. The van der Waals surface area contributed by atoms with Gasteiger partial charge in [0.2, 0.25) is 0 Å². The summed E-state index contributed by atoms with van der Waals surface area (Å²) in [4.78, 5) is 11.4. The Morgan fingerprint density at radius 1 is 1.07 bits per heavy atom. The average molecular weight is 424 g/mol. The monoisotopic (exact) mass is 423 g/mol. The maximum atomic E-state index is 6.55. The molecular weight excluding hydrogens is 409 g/mol. The summed E-state index contributed by atoms with van der Waals surface area (Å²) >= 11 is 12.8. The summed E-state index contributed by atoms with van der Waals surface area (Å²) in [5.41, 5.74) is 4.45. The van der Waals surface area contributed by atoms with Crippen molar-refractivity contribution in [3.8, 4) is 11.5 Å². The molecule has 3 heterocycles. The van der Waals surface area contributed by atoms with Gasteiger partial charge in [0.05, 0.1) is 11.6 Å². The van der Waals surface area contributed by atoms with Gasteiger partial charge in [-0.3, -0.25) is 0 Å². The molecule has 0 unspecified atom stereocenters. The molecule has 0 aliphatic rings. The lowest BCUT2D eigenvalue weighted by Crippen LogP contribution is -1.92. The summed E-state index contributed by atoms with van der Waals surface area (Å²) in [6, 6.07) is 11.6. The van der Waals surface area contributed by atoms with Crippen molar-refractivity contribution in [2.24, 2.45) is 0 Å². The Balaban J connectivity index is 1.45. The molecule has 2 aromatic carbocycles. The van der Waals surface area contributed by atoms with Crippen LogP contribution in [0.2, 0.25) is 10.2 Å². The number of rotatable bonds is 4. The van der Waals surface area contributed by atoms with Crippen LogP contribution in [0, 0.1) is 6.92 Å². The minimum atomic E-state index is 0.421. The van der Waals surface area contributed by atoms with E-state index in [1.807, 2.05) is 37.4 Å². The second kappa shape index (κ2) is 7.10. The normalized spacial score (nSPS) is 11.4. The Kier molecular flexibility index (Phi) is 4.42. The fraction of sp³-hybridized carbons (Fsp3) is 0.0909. The highest BCUT2D eigenvalue weighted by atomic mass is 35.5. The third kappa shape index (κ3) is 3.33. The third-order valence-electron chi connectivity index (χ3n) is 4.80. The topological polar surface area (TPSA) is 63.9 Å². The van der Waals surface area contributed by atoms with Crippen molar-refractivity contribution in [1.82, 2.24) is 15.0 Å². The predicted molar refractivity (Wildman–Crippen MR) is 114 cm³/mol. The lowest BCUT2D eigenvalue weighted by Gasteiger charge is -2.10. The SMILES string of the molecule is Cc1cc(Oc2ccc(Cc3c[nH]c4ncnc(Cl)c34)c(Cl)c2)c2occc2c1. The standard InChI is InChI=1S/C22H15Cl2N3O2/c1-12-6-14-4-5-28-20(14)18(7-12)29-16-3-2-13(17(23)9-16)8-15-10-25-22-19(15)21(24)26-11-27-22/h2-7,9-11H,8H2,1H3,(H,25,26,27). The second-order valence-electron chi connectivity index (χ2n) is 6.84. The van der Waals surface area contributed by atoms with Crippen LogP contribution in [0.5, 0.6) is 11.5 Å². The van der Waals surface area contributed by atoms with Crippen LogP contribution in [-0.2, 0) is 6.42 Å². The van der Waals surface area contributed by atoms with Crippen molar-refractivity contribution in [2.75, 3.05) is 0 Å². The molecule has 0 aliphatic heterocycles. The second-order valence-corrected chi connectivity index (χ2v) is 7.60. The zero-order valence-corrected chi connectivity index (χ0v) is 16.9. The molecule has 0 fully saturated rings. The van der Waals surface area contributed by atoms with Crippen LogP contribution in [0.15, 0.2) is 59.6 Å². The highest BCUT2D eigenvalue weighted by Crippen LogP contribution is 2.34. The molecule has 5 rings (SSSR count). The Hall–Kier alpha value is -3.02. The van der Waals surface area contributed by atoms with Crippen LogP contribution in [0.1, 0.15) is 16.7 Å². The van der Waals surface area contributed by atoms with Crippen LogP contribution in [0.3, 0.4) is 0 Å². The summed E-state index contributed by atoms with van der Waals surface area (Å²) in [6.07, 6.45) is 5.57. The van der Waals surface area contributed by atoms with Crippen LogP contribution in [-0.4, -0.2) is 15.0 Å². The number of hydrogen-bond acceptors (Lipinski definition) is 4. The molecule has 0 amide bonds. The lowest BCUT2D eigenvalue weighted by atomic mass is 10.1. The van der Waals surface area contributed by atoms with E-state index in [0.717, 1.165) is 27.5 Å². The summed E-state index contributed by atoms with van der Waals surface area (Å²) in [5, 5.41) is 2.84. The minimum absolute atomic E-state index is 0.421. The fourth-order valence-electron chi connectivity index (χ4n) is 3.46. The van der Waals surface area contributed by atoms with Crippen LogP contribution in [0.4, 0.5) is 0 Å². The molecule has 0 atom stereocenters. The molecule has 1 N–H and O–H groups in total. The Morgan fingerprint density at radius 2 is 1.97 bits per heavy atom. The quantitative estimate of drug-likeness (QED) is 0.326. The van der Waals surface area contributed by atoms with Gasteiger partial charge in [0.15, 0.2) is 11.3 Å². The first-order valence-electron chi connectivity index (χ1n) is 8.99. The van der Waals surface area contributed by atoms with E-state index in [4.69, 9.17) is 32.4 Å². The number of benzene rings is 2. The van der Waals surface area contributed by atoms with Gasteiger partial charge in [-0.15, -0.1) is 0 Å². The van der Waals surface area contributed by atoms with Crippen molar-refractivity contribution in [2.45, 2.75) is 13.3 Å². The van der Waals surface area contributed by atoms with E-state index >= 15 is 0 Å². The van der Waals surface area contributed by atoms with E-state index in [9.17, 15) is 0 Å². The molecule has 3 aromatic heterocycles. The zero-order valence-electron chi connectivity index (χ0n) is 15.4. The molecule has 5 aromatic rings. The minimum Gasteiger partial charge on any atom is -0.460 e. The molecule has 0 aliphatic carbocycles. The summed E-state index contributed by atoms with van der Waals surface area (Å²) in [6.45, 7) is 2.02. The summed E-state index contributed by atoms with van der Waals surface area (Å²) in [7, 11) is 0. The van der Waals surface area contributed by atoms with E-state index in [0.29, 0.717) is 39.3 Å². The van der Waals surface area contributed by atoms with Crippen LogP contribution < -0.4 is 4.74 Å². The number of H-pyrrole nitrogens is 1. The van der Waals surface area contributed by atoms with Gasteiger partial charge < -0.3 is 14.1 Å². The van der Waals surface area contributed by atoms with Gasteiger partial charge in [-0.1, -0.05) is 29.3 Å². The highest BCUT2D eigenvalue weighted by molar-refractivity contribution is 6.34. The van der Waals surface area contributed by atoms with Crippen molar-refractivity contribution in [1.29, 1.82) is 0 Å². The van der Waals surface area contributed by atoms with E-state index in [1.54, 1.807) is 12.3 Å². The smallest absolute Gasteiger partial charge is 0.176 e. The molecule has 7 heteroatoms. The predicted octanol–water partition coefficient (Wildman–Crippen LogP) is 6.70. The van der Waals surface area contributed by atoms with Crippen LogP contribution >= 0.6 is 23.2 Å². The third-order valence-corrected chi connectivity index (χ3v) is 5.44.